The lowest BCUT2D eigenvalue weighted by molar-refractivity contribution is 0.0691. The Morgan fingerprint density at radius 2 is 1.88 bits per heavy atom. The number of carboxylic acids is 1. The summed E-state index contributed by atoms with van der Waals surface area (Å²) in [5.74, 6) is -2.48. The molecule has 6 heteroatoms. The molecule has 2 N–H and O–H groups in total. The van der Waals surface area contributed by atoms with E-state index < -0.39 is 17.8 Å². The van der Waals surface area contributed by atoms with Gasteiger partial charge in [-0.25, -0.2) is 4.79 Å². The van der Waals surface area contributed by atoms with Crippen LogP contribution >= 0.6 is 0 Å². The number of hydrogen-bond donors (Lipinski definition) is 2. The lowest BCUT2D eigenvalue weighted by Crippen LogP contribution is -2.20. The number of rotatable bonds is 3. The second kappa shape index (κ2) is 4.79. The summed E-state index contributed by atoms with van der Waals surface area (Å²) in [5.41, 5.74) is 1.34. The van der Waals surface area contributed by atoms with Gasteiger partial charge in [0, 0.05) is 22.8 Å². The summed E-state index contributed by atoms with van der Waals surface area (Å²) >= 11 is 0. The van der Waals surface area contributed by atoms with E-state index in [2.05, 4.69) is 11.9 Å². The van der Waals surface area contributed by atoms with Gasteiger partial charge in [0.1, 0.15) is 0 Å². The minimum atomic E-state index is -1.24. The number of hydrogen-bond acceptors (Lipinski definition) is 3. The summed E-state index contributed by atoms with van der Waals surface area (Å²) in [6.45, 7) is 4.19. The number of aromatic nitrogens is 1. The zero-order chi connectivity index (χ0) is 17.0. The fourth-order valence-corrected chi connectivity index (χ4v) is 3.39. The highest BCUT2D eigenvalue weighted by atomic mass is 16.4. The third kappa shape index (κ3) is 1.68. The highest BCUT2D eigenvalue weighted by Crippen LogP contribution is 2.37. The molecule has 4 rings (SSSR count). The minimum absolute atomic E-state index is 0.0680. The zero-order valence-corrected chi connectivity index (χ0v) is 12.5. The molecule has 0 fully saturated rings. The summed E-state index contributed by atoms with van der Waals surface area (Å²) in [4.78, 5) is 36.0. The Morgan fingerprint density at radius 1 is 1.17 bits per heavy atom. The maximum Gasteiger partial charge on any atom is 0.336 e. The molecule has 0 atom stereocenters. The van der Waals surface area contributed by atoms with Crippen LogP contribution in [-0.2, 0) is 6.54 Å². The Bertz CT molecular complexity index is 1090. The quantitative estimate of drug-likeness (QED) is 0.573. The SMILES string of the molecule is C=CCn1c2ccccc2c2c3c(c(C(=O)O)cc21)C(=O)NC3=O. The predicted octanol–water partition coefficient (Wildman–Crippen LogP) is 2.56. The minimum Gasteiger partial charge on any atom is -0.478 e. The number of carboxylic acid groups (broad SMARTS) is 1. The van der Waals surface area contributed by atoms with Crippen LogP contribution in [0.2, 0.25) is 0 Å². The molecule has 0 saturated heterocycles. The highest BCUT2D eigenvalue weighted by molar-refractivity contribution is 6.32. The van der Waals surface area contributed by atoms with E-state index in [4.69, 9.17) is 0 Å². The molecule has 2 aromatic carbocycles. The molecule has 0 saturated carbocycles. The molecule has 24 heavy (non-hydrogen) atoms. The monoisotopic (exact) mass is 320 g/mol. The van der Waals surface area contributed by atoms with Gasteiger partial charge in [0.2, 0.25) is 0 Å². The van der Waals surface area contributed by atoms with Crippen LogP contribution in [0.25, 0.3) is 21.8 Å². The van der Waals surface area contributed by atoms with E-state index in [-0.39, 0.29) is 16.7 Å². The Kier molecular flexibility index (Phi) is 2.83. The van der Waals surface area contributed by atoms with Crippen molar-refractivity contribution in [3.63, 3.8) is 0 Å². The first-order valence-electron chi connectivity index (χ1n) is 7.32. The molecule has 0 bridgehead atoms. The number of carbonyl (C=O) groups excluding carboxylic acids is 2. The van der Waals surface area contributed by atoms with Gasteiger partial charge in [-0.3, -0.25) is 14.9 Å². The lowest BCUT2D eigenvalue weighted by atomic mass is 9.97. The van der Waals surface area contributed by atoms with Gasteiger partial charge >= 0.3 is 5.97 Å². The van der Waals surface area contributed by atoms with Crippen molar-refractivity contribution < 1.29 is 19.5 Å². The van der Waals surface area contributed by atoms with Crippen molar-refractivity contribution in [3.8, 4) is 0 Å². The summed E-state index contributed by atoms with van der Waals surface area (Å²) in [6, 6.07) is 8.91. The second-order valence-electron chi connectivity index (χ2n) is 5.57. The van der Waals surface area contributed by atoms with Crippen molar-refractivity contribution in [2.75, 3.05) is 0 Å². The van der Waals surface area contributed by atoms with E-state index in [1.807, 2.05) is 28.8 Å². The van der Waals surface area contributed by atoms with E-state index in [0.29, 0.717) is 17.4 Å². The first-order valence-corrected chi connectivity index (χ1v) is 7.32. The maximum absolute atomic E-state index is 12.3. The van der Waals surface area contributed by atoms with Crippen LogP contribution in [-0.4, -0.2) is 27.5 Å². The number of amides is 2. The van der Waals surface area contributed by atoms with Crippen LogP contribution in [0.5, 0.6) is 0 Å². The molecule has 0 unspecified atom stereocenters. The topological polar surface area (TPSA) is 88.4 Å². The standard InChI is InChI=1S/C18H12N2O4/c1-2-7-20-11-6-4-3-5-9(11)13-12(20)8-10(18(23)24)14-15(13)17(22)19-16(14)21/h2-6,8H,1,7H2,(H,23,24)(H,19,21,22). The number of nitrogens with zero attached hydrogens (tertiary/aromatic N) is 1. The molecule has 2 heterocycles. The summed E-state index contributed by atoms with van der Waals surface area (Å²) in [5, 5.41) is 13.1. The average molecular weight is 320 g/mol. The largest absolute Gasteiger partial charge is 0.478 e. The van der Waals surface area contributed by atoms with Gasteiger partial charge in [0.25, 0.3) is 11.8 Å². The van der Waals surface area contributed by atoms with Crippen LogP contribution in [0.1, 0.15) is 31.1 Å². The Hall–Kier alpha value is -3.41. The summed E-state index contributed by atoms with van der Waals surface area (Å²) in [7, 11) is 0. The highest BCUT2D eigenvalue weighted by Gasteiger charge is 2.35. The van der Waals surface area contributed by atoms with Crippen LogP contribution in [0.3, 0.4) is 0 Å². The first-order chi connectivity index (χ1) is 11.5. The van der Waals surface area contributed by atoms with E-state index in [1.165, 1.54) is 6.07 Å². The first kappa shape index (κ1) is 14.2. The number of carbonyl (C=O) groups is 3. The van der Waals surface area contributed by atoms with E-state index in [9.17, 15) is 19.5 Å². The van der Waals surface area contributed by atoms with Crippen molar-refractivity contribution >= 4 is 39.6 Å². The molecule has 1 aliphatic heterocycles. The molecular formula is C18H12N2O4. The van der Waals surface area contributed by atoms with Crippen LogP contribution in [0.4, 0.5) is 0 Å². The molecule has 1 aromatic heterocycles. The molecule has 118 valence electrons. The van der Waals surface area contributed by atoms with Crippen molar-refractivity contribution in [2.45, 2.75) is 6.54 Å². The van der Waals surface area contributed by atoms with Gasteiger partial charge in [-0.2, -0.15) is 0 Å². The van der Waals surface area contributed by atoms with E-state index >= 15 is 0 Å². The van der Waals surface area contributed by atoms with Crippen molar-refractivity contribution in [3.05, 3.63) is 59.7 Å². The number of nitrogens with one attached hydrogen (secondary N) is 1. The molecular weight excluding hydrogens is 308 g/mol. The van der Waals surface area contributed by atoms with Gasteiger partial charge < -0.3 is 9.67 Å². The zero-order valence-electron chi connectivity index (χ0n) is 12.5. The lowest BCUT2D eigenvalue weighted by Gasteiger charge is -2.07. The number of para-hydroxylation sites is 1. The number of aromatic carboxylic acids is 1. The Balaban J connectivity index is 2.31. The van der Waals surface area contributed by atoms with Crippen molar-refractivity contribution in [1.29, 1.82) is 0 Å². The molecule has 3 aromatic rings. The average Bonchev–Trinajstić information content (AvgIpc) is 3.03. The van der Waals surface area contributed by atoms with Crippen molar-refractivity contribution in [1.82, 2.24) is 9.88 Å². The number of fused-ring (bicyclic) bond motifs is 5. The number of imide groups is 1. The van der Waals surface area contributed by atoms with Gasteiger partial charge in [0.15, 0.2) is 0 Å². The molecule has 1 aliphatic rings. The van der Waals surface area contributed by atoms with Gasteiger partial charge in [0.05, 0.1) is 22.2 Å². The van der Waals surface area contributed by atoms with Crippen LogP contribution in [0, 0.1) is 0 Å². The van der Waals surface area contributed by atoms with E-state index in [0.717, 1.165) is 10.9 Å². The summed E-state index contributed by atoms with van der Waals surface area (Å²) in [6.07, 6.45) is 1.70. The normalized spacial score (nSPS) is 13.3. The smallest absolute Gasteiger partial charge is 0.336 e. The summed E-state index contributed by atoms with van der Waals surface area (Å²) < 4.78 is 1.89. The fourth-order valence-electron chi connectivity index (χ4n) is 3.39. The van der Waals surface area contributed by atoms with Gasteiger partial charge in [-0.05, 0) is 12.1 Å². The Morgan fingerprint density at radius 3 is 2.58 bits per heavy atom. The molecule has 0 spiro atoms. The fraction of sp³-hybridized carbons (Fsp3) is 0.0556. The number of allylic oxidation sites excluding steroid dienone is 1. The predicted molar refractivity (Wildman–Crippen MR) is 88.4 cm³/mol. The third-order valence-corrected chi connectivity index (χ3v) is 4.28. The molecule has 0 radical (unpaired) electrons. The van der Waals surface area contributed by atoms with E-state index in [1.54, 1.807) is 6.08 Å². The molecule has 2 amide bonds. The van der Waals surface area contributed by atoms with Gasteiger partial charge in [-0.1, -0.05) is 24.3 Å². The Labute approximate surface area is 136 Å². The molecule has 0 aliphatic carbocycles. The van der Waals surface area contributed by atoms with Crippen molar-refractivity contribution in [2.24, 2.45) is 0 Å². The van der Waals surface area contributed by atoms with Crippen LogP contribution < -0.4 is 5.32 Å². The maximum atomic E-state index is 12.3. The molecule has 6 nitrogen and oxygen atoms in total. The number of benzene rings is 2. The third-order valence-electron chi connectivity index (χ3n) is 4.28. The second-order valence-corrected chi connectivity index (χ2v) is 5.57. The van der Waals surface area contributed by atoms with Crippen LogP contribution in [0.15, 0.2) is 43.0 Å². The van der Waals surface area contributed by atoms with Gasteiger partial charge in [-0.15, -0.1) is 6.58 Å².